The summed E-state index contributed by atoms with van der Waals surface area (Å²) in [6.45, 7) is 3.23. The molecule has 196 valence electrons. The minimum Gasteiger partial charge on any atom is -0.496 e. The van der Waals surface area contributed by atoms with E-state index in [4.69, 9.17) is 16.3 Å². The van der Waals surface area contributed by atoms with E-state index in [0.29, 0.717) is 54.6 Å². The maximum atomic E-state index is 13.3. The van der Waals surface area contributed by atoms with Gasteiger partial charge in [-0.05, 0) is 35.9 Å². The maximum Gasteiger partial charge on any atom is 0.264 e. The number of para-hydroxylation sites is 1. The molecule has 0 spiro atoms. The van der Waals surface area contributed by atoms with Crippen LogP contribution in [0.25, 0.3) is 10.9 Å². The van der Waals surface area contributed by atoms with Crippen LogP contribution in [-0.4, -0.2) is 67.4 Å². The van der Waals surface area contributed by atoms with Crippen LogP contribution in [0.15, 0.2) is 78.1 Å². The van der Waals surface area contributed by atoms with Gasteiger partial charge in [0.1, 0.15) is 10.6 Å². The minimum absolute atomic E-state index is 0.0705. The van der Waals surface area contributed by atoms with E-state index in [1.165, 1.54) is 19.2 Å². The Morgan fingerprint density at radius 1 is 1.05 bits per heavy atom. The first kappa shape index (κ1) is 25.9. The number of piperazine rings is 1. The molecule has 0 atom stereocenters. The molecule has 38 heavy (non-hydrogen) atoms. The molecule has 4 aromatic rings. The number of nitrogens with zero attached hydrogens (tertiary/aromatic N) is 4. The van der Waals surface area contributed by atoms with Crippen LogP contribution in [0.3, 0.4) is 0 Å². The number of amides is 1. The van der Waals surface area contributed by atoms with Crippen molar-refractivity contribution in [3.63, 3.8) is 0 Å². The van der Waals surface area contributed by atoms with E-state index in [1.807, 2.05) is 6.07 Å². The molecular weight excluding hydrogens is 526 g/mol. The normalized spacial score (nSPS) is 14.4. The average molecular weight is 552 g/mol. The lowest BCUT2D eigenvalue weighted by molar-refractivity contribution is 0.0625. The lowest BCUT2D eigenvalue weighted by Gasteiger charge is -2.35. The fourth-order valence-corrected chi connectivity index (χ4v) is 5.94. The van der Waals surface area contributed by atoms with Gasteiger partial charge in [0.05, 0.1) is 28.9 Å². The Labute approximate surface area is 226 Å². The van der Waals surface area contributed by atoms with Crippen molar-refractivity contribution in [1.29, 1.82) is 0 Å². The summed E-state index contributed by atoms with van der Waals surface area (Å²) in [5, 5.41) is 1.32. The molecule has 0 unspecified atom stereocenters. The zero-order valence-corrected chi connectivity index (χ0v) is 22.2. The number of nitrogens with one attached hydrogen (secondary N) is 1. The van der Waals surface area contributed by atoms with Crippen LogP contribution in [0.4, 0.5) is 5.69 Å². The van der Waals surface area contributed by atoms with E-state index in [1.54, 1.807) is 59.9 Å². The number of sulfonamides is 1. The van der Waals surface area contributed by atoms with Gasteiger partial charge < -0.3 is 9.64 Å². The summed E-state index contributed by atoms with van der Waals surface area (Å²) in [5.74, 6) is 0.122. The van der Waals surface area contributed by atoms with Crippen LogP contribution in [-0.2, 0) is 16.6 Å². The van der Waals surface area contributed by atoms with Gasteiger partial charge in [-0.1, -0.05) is 29.8 Å². The van der Waals surface area contributed by atoms with Gasteiger partial charge in [0.25, 0.3) is 15.9 Å². The molecule has 11 heteroatoms. The van der Waals surface area contributed by atoms with Gasteiger partial charge in [-0.3, -0.25) is 24.4 Å². The van der Waals surface area contributed by atoms with Crippen molar-refractivity contribution in [3.8, 4) is 5.75 Å². The fraction of sp³-hybridized carbons (Fsp3) is 0.222. The molecule has 0 saturated carbocycles. The predicted octanol–water partition coefficient (Wildman–Crippen LogP) is 4.05. The molecule has 1 saturated heterocycles. The molecular formula is C27H26ClN5O4S. The van der Waals surface area contributed by atoms with Crippen molar-refractivity contribution >= 4 is 44.1 Å². The largest absolute Gasteiger partial charge is 0.496 e. The Hall–Kier alpha value is -3.73. The number of anilines is 1. The maximum absolute atomic E-state index is 13.3. The molecule has 0 aliphatic carbocycles. The van der Waals surface area contributed by atoms with E-state index in [2.05, 4.69) is 19.6 Å². The second-order valence-corrected chi connectivity index (χ2v) is 11.0. The molecule has 3 heterocycles. The number of halogens is 1. The molecule has 1 aliphatic rings. The number of benzene rings is 2. The van der Waals surface area contributed by atoms with Gasteiger partial charge in [0, 0.05) is 62.8 Å². The van der Waals surface area contributed by atoms with Crippen LogP contribution in [0.2, 0.25) is 5.02 Å². The zero-order valence-electron chi connectivity index (χ0n) is 20.7. The minimum atomic E-state index is -3.93. The molecule has 1 amide bonds. The monoisotopic (exact) mass is 551 g/mol. The molecule has 2 aromatic heterocycles. The summed E-state index contributed by atoms with van der Waals surface area (Å²) < 4.78 is 34.4. The van der Waals surface area contributed by atoms with E-state index < -0.39 is 10.0 Å². The lowest BCUT2D eigenvalue weighted by atomic mass is 10.1. The van der Waals surface area contributed by atoms with Crippen molar-refractivity contribution in [1.82, 2.24) is 19.8 Å². The van der Waals surface area contributed by atoms with Gasteiger partial charge in [0.2, 0.25) is 0 Å². The number of hydrogen-bond acceptors (Lipinski definition) is 7. The quantitative estimate of drug-likeness (QED) is 0.369. The number of pyridine rings is 2. The van der Waals surface area contributed by atoms with E-state index >= 15 is 0 Å². The SMILES string of the molecule is COc1cc(NS(=O)(=O)c2cccc3cccnc23)ccc1C(=O)N1CCN(Cc2cncc(Cl)c2)CC1. The lowest BCUT2D eigenvalue weighted by Crippen LogP contribution is -2.48. The van der Waals surface area contributed by atoms with Crippen LogP contribution < -0.4 is 9.46 Å². The summed E-state index contributed by atoms with van der Waals surface area (Å²) in [7, 11) is -2.48. The highest BCUT2D eigenvalue weighted by Gasteiger charge is 2.25. The molecule has 0 radical (unpaired) electrons. The topological polar surface area (TPSA) is 105 Å². The summed E-state index contributed by atoms with van der Waals surface area (Å²) >= 11 is 6.04. The second kappa shape index (κ2) is 10.9. The smallest absolute Gasteiger partial charge is 0.264 e. The number of fused-ring (bicyclic) bond motifs is 1. The molecule has 2 aromatic carbocycles. The zero-order chi connectivity index (χ0) is 26.7. The van der Waals surface area contributed by atoms with Crippen LogP contribution in [0.1, 0.15) is 15.9 Å². The molecule has 5 rings (SSSR count). The van der Waals surface area contributed by atoms with E-state index in [0.717, 1.165) is 10.9 Å². The third-order valence-electron chi connectivity index (χ3n) is 6.40. The highest BCUT2D eigenvalue weighted by molar-refractivity contribution is 7.93. The van der Waals surface area contributed by atoms with Gasteiger partial charge in [-0.2, -0.15) is 0 Å². The highest BCUT2D eigenvalue weighted by Crippen LogP contribution is 2.28. The summed E-state index contributed by atoms with van der Waals surface area (Å²) in [6.07, 6.45) is 4.95. The van der Waals surface area contributed by atoms with Crippen molar-refractivity contribution < 1.29 is 17.9 Å². The number of methoxy groups -OCH3 is 1. The number of ether oxygens (including phenoxy) is 1. The molecule has 9 nitrogen and oxygen atoms in total. The summed E-state index contributed by atoms with van der Waals surface area (Å²) in [5.41, 5.74) is 2.06. The molecule has 1 aliphatic heterocycles. The van der Waals surface area contributed by atoms with Crippen molar-refractivity contribution in [2.45, 2.75) is 11.4 Å². The molecule has 1 fully saturated rings. The van der Waals surface area contributed by atoms with Gasteiger partial charge in [0.15, 0.2) is 0 Å². The second-order valence-electron chi connectivity index (χ2n) is 8.93. The van der Waals surface area contributed by atoms with Crippen LogP contribution >= 0.6 is 11.6 Å². The van der Waals surface area contributed by atoms with Crippen molar-refractivity contribution in [2.75, 3.05) is 38.0 Å². The number of aromatic nitrogens is 2. The third kappa shape index (κ3) is 5.57. The van der Waals surface area contributed by atoms with Crippen LogP contribution in [0.5, 0.6) is 5.75 Å². The third-order valence-corrected chi connectivity index (χ3v) is 8.02. The van der Waals surface area contributed by atoms with Gasteiger partial charge in [-0.15, -0.1) is 0 Å². The number of carbonyl (C=O) groups is 1. The Morgan fingerprint density at radius 2 is 1.84 bits per heavy atom. The Bertz CT molecular complexity index is 1580. The number of rotatable bonds is 7. The number of carbonyl (C=O) groups excluding carboxylic acids is 1. The van der Waals surface area contributed by atoms with Crippen molar-refractivity contribution in [3.05, 3.63) is 89.3 Å². The first-order chi connectivity index (χ1) is 18.3. The summed E-state index contributed by atoms with van der Waals surface area (Å²) in [6, 6.07) is 15.1. The van der Waals surface area contributed by atoms with Crippen molar-refractivity contribution in [2.24, 2.45) is 0 Å². The fourth-order valence-electron chi connectivity index (χ4n) is 4.51. The Balaban J connectivity index is 1.28. The first-order valence-electron chi connectivity index (χ1n) is 12.0. The highest BCUT2D eigenvalue weighted by atomic mass is 35.5. The van der Waals surface area contributed by atoms with Gasteiger partial charge >= 0.3 is 0 Å². The predicted molar refractivity (Wildman–Crippen MR) is 146 cm³/mol. The van der Waals surface area contributed by atoms with Gasteiger partial charge in [-0.25, -0.2) is 8.42 Å². The Morgan fingerprint density at radius 3 is 2.61 bits per heavy atom. The average Bonchev–Trinajstić information content (AvgIpc) is 2.92. The standard InChI is InChI=1S/C27H26ClN5O4S/c1-37-24-15-22(31-38(35,36)25-6-2-4-20-5-3-9-30-26(20)25)7-8-23(24)27(34)33-12-10-32(11-13-33)18-19-14-21(28)17-29-16-19/h2-9,14-17,31H,10-13,18H2,1H3. The van der Waals surface area contributed by atoms with E-state index in [-0.39, 0.29) is 16.5 Å². The molecule has 0 bridgehead atoms. The summed E-state index contributed by atoms with van der Waals surface area (Å²) in [4.78, 5) is 25.8. The van der Waals surface area contributed by atoms with E-state index in [9.17, 15) is 13.2 Å². The molecule has 1 N–H and O–H groups in total. The number of hydrogen-bond donors (Lipinski definition) is 1. The first-order valence-corrected chi connectivity index (χ1v) is 13.9. The van der Waals surface area contributed by atoms with Crippen LogP contribution in [0, 0.1) is 0 Å². The Kier molecular flexibility index (Phi) is 7.46.